The predicted octanol–water partition coefficient (Wildman–Crippen LogP) is 2.77. The molecule has 9 heteroatoms. The number of aromatic nitrogens is 2. The van der Waals surface area contributed by atoms with Crippen molar-refractivity contribution in [3.05, 3.63) is 48.5 Å². The van der Waals surface area contributed by atoms with E-state index in [1.54, 1.807) is 19.1 Å². The summed E-state index contributed by atoms with van der Waals surface area (Å²) in [5, 5.41) is 0.710. The number of hydrogen-bond donors (Lipinski definition) is 0. The highest BCUT2D eigenvalue weighted by Crippen LogP contribution is 2.29. The molecule has 0 radical (unpaired) electrons. The number of benzene rings is 2. The first-order valence-electron chi connectivity index (χ1n) is 9.59. The van der Waals surface area contributed by atoms with Gasteiger partial charge in [0.2, 0.25) is 5.91 Å². The van der Waals surface area contributed by atoms with Gasteiger partial charge in [0.15, 0.2) is 15.0 Å². The minimum Gasteiger partial charge on any atom is -0.497 e. The summed E-state index contributed by atoms with van der Waals surface area (Å²) in [5.74, 6) is 1.04. The molecule has 1 saturated heterocycles. The molecule has 0 bridgehead atoms. The number of ether oxygens (including phenoxy) is 1. The van der Waals surface area contributed by atoms with Crippen molar-refractivity contribution in [2.75, 3.05) is 31.4 Å². The number of rotatable bonds is 6. The molecule has 30 heavy (non-hydrogen) atoms. The lowest BCUT2D eigenvalue weighted by Gasteiger charge is -2.23. The molecular weight excluding hydrogens is 422 g/mol. The lowest BCUT2D eigenvalue weighted by molar-refractivity contribution is -0.128. The third-order valence-corrected chi connectivity index (χ3v) is 8.01. The second-order valence-electron chi connectivity index (χ2n) is 7.27. The van der Waals surface area contributed by atoms with Gasteiger partial charge in [-0.1, -0.05) is 23.9 Å². The summed E-state index contributed by atoms with van der Waals surface area (Å²) < 4.78 is 30.7. The standard InChI is InChI=1S/C21H23N3O4S2/c1-23(16-11-12-30(26,27)14-16)20(25)13-29-21-22-18-5-3-4-6-19(18)24(21)15-7-9-17(28-2)10-8-15/h3-10,16H,11-14H2,1-2H3/t16-/m1/s1. The van der Waals surface area contributed by atoms with E-state index in [2.05, 4.69) is 0 Å². The molecule has 4 rings (SSSR count). The van der Waals surface area contributed by atoms with Crippen LogP contribution in [0.5, 0.6) is 5.75 Å². The molecule has 3 aromatic rings. The van der Waals surface area contributed by atoms with Crippen LogP contribution >= 0.6 is 11.8 Å². The fraction of sp³-hybridized carbons (Fsp3) is 0.333. The minimum absolute atomic E-state index is 0.0459. The number of nitrogens with zero attached hydrogens (tertiary/aromatic N) is 3. The van der Waals surface area contributed by atoms with Gasteiger partial charge in [0, 0.05) is 18.8 Å². The molecule has 0 N–H and O–H groups in total. The monoisotopic (exact) mass is 445 g/mol. The average Bonchev–Trinajstić information content (AvgIpc) is 3.31. The van der Waals surface area contributed by atoms with Crippen LogP contribution < -0.4 is 4.74 Å². The van der Waals surface area contributed by atoms with Crippen molar-refractivity contribution in [2.45, 2.75) is 17.6 Å². The largest absolute Gasteiger partial charge is 0.497 e. The number of thioether (sulfide) groups is 1. The van der Waals surface area contributed by atoms with Gasteiger partial charge in [0.25, 0.3) is 0 Å². The molecule has 7 nitrogen and oxygen atoms in total. The Morgan fingerprint density at radius 3 is 2.63 bits per heavy atom. The number of carbonyl (C=O) groups excluding carboxylic acids is 1. The van der Waals surface area contributed by atoms with Crippen LogP contribution in [-0.2, 0) is 14.6 Å². The summed E-state index contributed by atoms with van der Waals surface area (Å²) in [5.41, 5.74) is 2.72. The van der Waals surface area contributed by atoms with Crippen LogP contribution in [0.25, 0.3) is 16.7 Å². The molecule has 1 fully saturated rings. The Hall–Kier alpha value is -2.52. The van der Waals surface area contributed by atoms with E-state index in [4.69, 9.17) is 9.72 Å². The second kappa shape index (κ2) is 8.31. The van der Waals surface area contributed by atoms with Crippen LogP contribution in [0.1, 0.15) is 6.42 Å². The van der Waals surface area contributed by atoms with E-state index >= 15 is 0 Å². The van der Waals surface area contributed by atoms with Gasteiger partial charge >= 0.3 is 0 Å². The predicted molar refractivity (Wildman–Crippen MR) is 118 cm³/mol. The van der Waals surface area contributed by atoms with Gasteiger partial charge in [-0.15, -0.1) is 0 Å². The molecule has 1 atom stereocenters. The van der Waals surface area contributed by atoms with Crippen molar-refractivity contribution in [1.82, 2.24) is 14.5 Å². The third-order valence-electron chi connectivity index (χ3n) is 5.33. The highest BCUT2D eigenvalue weighted by Gasteiger charge is 2.32. The van der Waals surface area contributed by atoms with Crippen molar-refractivity contribution in [1.29, 1.82) is 0 Å². The number of carbonyl (C=O) groups is 1. The normalized spacial score (nSPS) is 17.9. The maximum atomic E-state index is 12.7. The summed E-state index contributed by atoms with van der Waals surface area (Å²) in [7, 11) is 0.273. The highest BCUT2D eigenvalue weighted by atomic mass is 32.2. The van der Waals surface area contributed by atoms with Gasteiger partial charge in [-0.05, 0) is 42.8 Å². The summed E-state index contributed by atoms with van der Waals surface area (Å²) in [4.78, 5) is 19.0. The zero-order chi connectivity index (χ0) is 21.3. The summed E-state index contributed by atoms with van der Waals surface area (Å²) >= 11 is 1.35. The van der Waals surface area contributed by atoms with E-state index < -0.39 is 9.84 Å². The Morgan fingerprint density at radius 2 is 1.97 bits per heavy atom. The first-order valence-corrected chi connectivity index (χ1v) is 12.4. The van der Waals surface area contributed by atoms with E-state index in [0.717, 1.165) is 22.5 Å². The van der Waals surface area contributed by atoms with Crippen LogP contribution in [0.15, 0.2) is 53.7 Å². The fourth-order valence-corrected chi connectivity index (χ4v) is 6.32. The Morgan fingerprint density at radius 1 is 1.23 bits per heavy atom. The maximum Gasteiger partial charge on any atom is 0.233 e. The summed E-state index contributed by atoms with van der Waals surface area (Å²) in [6, 6.07) is 15.3. The van der Waals surface area contributed by atoms with Crippen molar-refractivity contribution < 1.29 is 17.9 Å². The third kappa shape index (κ3) is 4.17. The summed E-state index contributed by atoms with van der Waals surface area (Å²) in [6.07, 6.45) is 0.500. The van der Waals surface area contributed by atoms with Gasteiger partial charge in [-0.25, -0.2) is 13.4 Å². The zero-order valence-corrected chi connectivity index (χ0v) is 18.4. The molecule has 2 heterocycles. The molecule has 158 valence electrons. The Labute approximate surface area is 180 Å². The topological polar surface area (TPSA) is 81.5 Å². The quantitative estimate of drug-likeness (QED) is 0.543. The van der Waals surface area contributed by atoms with Gasteiger partial charge in [0.05, 0.1) is 35.4 Å². The lowest BCUT2D eigenvalue weighted by Crippen LogP contribution is -2.38. The number of hydrogen-bond acceptors (Lipinski definition) is 6. The van der Waals surface area contributed by atoms with E-state index in [1.807, 2.05) is 53.1 Å². The second-order valence-corrected chi connectivity index (χ2v) is 10.4. The number of methoxy groups -OCH3 is 1. The molecule has 0 saturated carbocycles. The van der Waals surface area contributed by atoms with Gasteiger partial charge in [-0.2, -0.15) is 0 Å². The van der Waals surface area contributed by atoms with E-state index in [0.29, 0.717) is 11.6 Å². The maximum absolute atomic E-state index is 12.7. The van der Waals surface area contributed by atoms with Gasteiger partial charge in [0.1, 0.15) is 5.75 Å². The van der Waals surface area contributed by atoms with Crippen molar-refractivity contribution >= 4 is 38.5 Å². The van der Waals surface area contributed by atoms with Crippen LogP contribution in [-0.4, -0.2) is 66.2 Å². The Kier molecular flexibility index (Phi) is 5.75. The van der Waals surface area contributed by atoms with E-state index in [-0.39, 0.29) is 29.2 Å². The van der Waals surface area contributed by atoms with Crippen molar-refractivity contribution in [3.8, 4) is 11.4 Å². The molecule has 0 spiro atoms. The number of sulfone groups is 1. The molecule has 1 amide bonds. The van der Waals surface area contributed by atoms with Crippen LogP contribution in [0.3, 0.4) is 0 Å². The number of amides is 1. The molecule has 2 aromatic carbocycles. The molecule has 1 aromatic heterocycles. The Bertz CT molecular complexity index is 1170. The van der Waals surface area contributed by atoms with Crippen molar-refractivity contribution in [3.63, 3.8) is 0 Å². The van der Waals surface area contributed by atoms with Crippen LogP contribution in [0.4, 0.5) is 0 Å². The molecule has 0 unspecified atom stereocenters. The SMILES string of the molecule is COc1ccc(-n2c(SCC(=O)N(C)[C@@H]3CCS(=O)(=O)C3)nc3ccccc32)cc1. The first-order chi connectivity index (χ1) is 14.4. The lowest BCUT2D eigenvalue weighted by atomic mass is 10.2. The van der Waals surface area contributed by atoms with Crippen LogP contribution in [0, 0.1) is 0 Å². The first kappa shape index (κ1) is 20.7. The molecule has 1 aliphatic rings. The van der Waals surface area contributed by atoms with Crippen LogP contribution in [0.2, 0.25) is 0 Å². The van der Waals surface area contributed by atoms with E-state index in [9.17, 15) is 13.2 Å². The van der Waals surface area contributed by atoms with Gasteiger partial charge < -0.3 is 9.64 Å². The average molecular weight is 446 g/mol. The molecule has 0 aliphatic carbocycles. The highest BCUT2D eigenvalue weighted by molar-refractivity contribution is 7.99. The Balaban J connectivity index is 1.57. The smallest absolute Gasteiger partial charge is 0.233 e. The number of imidazole rings is 1. The minimum atomic E-state index is -3.03. The van der Waals surface area contributed by atoms with Crippen molar-refractivity contribution in [2.24, 2.45) is 0 Å². The fourth-order valence-electron chi connectivity index (χ4n) is 3.59. The number of para-hydroxylation sites is 2. The van der Waals surface area contributed by atoms with Gasteiger partial charge in [-0.3, -0.25) is 9.36 Å². The molecule has 1 aliphatic heterocycles. The van der Waals surface area contributed by atoms with E-state index in [1.165, 1.54) is 11.8 Å². The molecular formula is C21H23N3O4S2. The number of fused-ring (bicyclic) bond motifs is 1. The zero-order valence-electron chi connectivity index (χ0n) is 16.8. The summed E-state index contributed by atoms with van der Waals surface area (Å²) in [6.45, 7) is 0.